The van der Waals surface area contributed by atoms with Crippen LogP contribution in [-0.4, -0.2) is 9.78 Å². The molecule has 0 saturated carbocycles. The van der Waals surface area contributed by atoms with E-state index in [1.54, 1.807) is 6.20 Å². The maximum atomic E-state index is 9.33. The molecule has 1 unspecified atom stereocenters. The topological polar surface area (TPSA) is 53.6 Å². The summed E-state index contributed by atoms with van der Waals surface area (Å²) in [7, 11) is 0. The first-order valence-corrected chi connectivity index (χ1v) is 6.37. The maximum absolute atomic E-state index is 9.33. The number of nitriles is 1. The Labute approximate surface area is 113 Å². The van der Waals surface area contributed by atoms with E-state index in [0.717, 1.165) is 16.8 Å². The van der Waals surface area contributed by atoms with Gasteiger partial charge in [0, 0.05) is 23.5 Å². The fourth-order valence-corrected chi connectivity index (χ4v) is 1.86. The summed E-state index contributed by atoms with van der Waals surface area (Å²) in [5.41, 5.74) is 2.99. The molecule has 0 spiro atoms. The van der Waals surface area contributed by atoms with Crippen LogP contribution >= 0.6 is 0 Å². The Hall–Kier alpha value is -2.28. The molecule has 0 saturated heterocycles. The molecule has 0 aliphatic carbocycles. The van der Waals surface area contributed by atoms with Crippen molar-refractivity contribution in [3.05, 3.63) is 47.8 Å². The van der Waals surface area contributed by atoms with Gasteiger partial charge in [-0.05, 0) is 32.4 Å². The maximum Gasteiger partial charge on any atom is 0.143 e. The third-order valence-electron chi connectivity index (χ3n) is 3.06. The molecule has 1 aromatic carbocycles. The van der Waals surface area contributed by atoms with Crippen molar-refractivity contribution in [1.82, 2.24) is 9.78 Å². The molecular formula is C15H18N4. The van der Waals surface area contributed by atoms with Crippen LogP contribution in [0.5, 0.6) is 0 Å². The monoisotopic (exact) mass is 254 g/mol. The second kappa shape index (κ2) is 5.57. The standard InChI is InChI=1S/C15H18N4/c1-11(2)19-10-13(9-17-19)15(8-16)18-14-7-5-4-6-12(14)3/h4-7,9-11,15,18H,1-3H3. The van der Waals surface area contributed by atoms with Gasteiger partial charge in [-0.25, -0.2) is 0 Å². The highest BCUT2D eigenvalue weighted by Crippen LogP contribution is 2.22. The number of hydrogen-bond acceptors (Lipinski definition) is 3. The van der Waals surface area contributed by atoms with E-state index in [-0.39, 0.29) is 6.04 Å². The highest BCUT2D eigenvalue weighted by molar-refractivity contribution is 5.53. The van der Waals surface area contributed by atoms with Crippen molar-refractivity contribution in [2.45, 2.75) is 32.9 Å². The summed E-state index contributed by atoms with van der Waals surface area (Å²) in [6.45, 7) is 6.15. The third kappa shape index (κ3) is 2.94. The lowest BCUT2D eigenvalue weighted by Crippen LogP contribution is -2.09. The fraction of sp³-hybridized carbons (Fsp3) is 0.333. The first kappa shape index (κ1) is 13.2. The van der Waals surface area contributed by atoms with Crippen LogP contribution in [0.25, 0.3) is 0 Å². The van der Waals surface area contributed by atoms with Gasteiger partial charge >= 0.3 is 0 Å². The molecule has 19 heavy (non-hydrogen) atoms. The minimum Gasteiger partial charge on any atom is -0.366 e. The van der Waals surface area contributed by atoms with Crippen LogP contribution in [-0.2, 0) is 0 Å². The second-order valence-electron chi connectivity index (χ2n) is 4.87. The third-order valence-corrected chi connectivity index (χ3v) is 3.06. The van der Waals surface area contributed by atoms with Crippen molar-refractivity contribution in [2.75, 3.05) is 5.32 Å². The average molecular weight is 254 g/mol. The summed E-state index contributed by atoms with van der Waals surface area (Å²) >= 11 is 0. The number of nitrogens with zero attached hydrogens (tertiary/aromatic N) is 3. The average Bonchev–Trinajstić information content (AvgIpc) is 2.87. The SMILES string of the molecule is Cc1ccccc1NC(C#N)c1cnn(C(C)C)c1. The molecule has 2 aromatic rings. The van der Waals surface area contributed by atoms with Crippen LogP contribution in [0, 0.1) is 18.3 Å². The number of para-hydroxylation sites is 1. The molecule has 1 atom stereocenters. The van der Waals surface area contributed by atoms with Crippen LogP contribution in [0.15, 0.2) is 36.7 Å². The van der Waals surface area contributed by atoms with Crippen molar-refractivity contribution < 1.29 is 0 Å². The van der Waals surface area contributed by atoms with Gasteiger partial charge in [0.05, 0.1) is 12.3 Å². The first-order valence-electron chi connectivity index (χ1n) is 6.37. The van der Waals surface area contributed by atoms with E-state index < -0.39 is 0 Å². The van der Waals surface area contributed by atoms with E-state index in [0.29, 0.717) is 6.04 Å². The van der Waals surface area contributed by atoms with Gasteiger partial charge in [-0.3, -0.25) is 4.68 Å². The van der Waals surface area contributed by atoms with E-state index in [9.17, 15) is 5.26 Å². The van der Waals surface area contributed by atoms with E-state index in [4.69, 9.17) is 0 Å². The zero-order valence-electron chi connectivity index (χ0n) is 11.5. The Morgan fingerprint density at radius 2 is 2.05 bits per heavy atom. The predicted octanol–water partition coefficient (Wildman–Crippen LogP) is 3.45. The van der Waals surface area contributed by atoms with Crippen LogP contribution < -0.4 is 5.32 Å². The molecule has 0 fully saturated rings. The molecule has 4 heteroatoms. The minimum atomic E-state index is -0.381. The van der Waals surface area contributed by atoms with Gasteiger partial charge in [-0.1, -0.05) is 18.2 Å². The Kier molecular flexibility index (Phi) is 3.86. The summed E-state index contributed by atoms with van der Waals surface area (Å²) < 4.78 is 1.86. The molecule has 98 valence electrons. The Morgan fingerprint density at radius 1 is 1.32 bits per heavy atom. The summed E-state index contributed by atoms with van der Waals surface area (Å²) in [4.78, 5) is 0. The summed E-state index contributed by atoms with van der Waals surface area (Å²) in [6.07, 6.45) is 3.67. The highest BCUT2D eigenvalue weighted by Gasteiger charge is 2.14. The molecule has 0 bridgehead atoms. The largest absolute Gasteiger partial charge is 0.366 e. The Morgan fingerprint density at radius 3 is 2.63 bits per heavy atom. The van der Waals surface area contributed by atoms with Gasteiger partial charge in [-0.15, -0.1) is 0 Å². The normalized spacial score (nSPS) is 12.2. The van der Waals surface area contributed by atoms with E-state index in [2.05, 4.69) is 30.3 Å². The molecule has 0 radical (unpaired) electrons. The lowest BCUT2D eigenvalue weighted by atomic mass is 10.1. The zero-order chi connectivity index (χ0) is 13.8. The Bertz CT molecular complexity index is 592. The molecule has 0 amide bonds. The molecule has 4 nitrogen and oxygen atoms in total. The predicted molar refractivity (Wildman–Crippen MR) is 75.8 cm³/mol. The molecule has 2 rings (SSSR count). The van der Waals surface area contributed by atoms with Crippen LogP contribution in [0.1, 0.15) is 37.1 Å². The smallest absolute Gasteiger partial charge is 0.143 e. The quantitative estimate of drug-likeness (QED) is 0.909. The van der Waals surface area contributed by atoms with Gasteiger partial charge in [0.15, 0.2) is 0 Å². The van der Waals surface area contributed by atoms with Gasteiger partial charge in [0.1, 0.15) is 6.04 Å². The number of rotatable bonds is 4. The van der Waals surface area contributed by atoms with E-state index in [1.807, 2.05) is 42.1 Å². The molecule has 0 aliphatic heterocycles. The molecule has 1 heterocycles. The number of anilines is 1. The number of aromatic nitrogens is 2. The van der Waals surface area contributed by atoms with Crippen LogP contribution in [0.2, 0.25) is 0 Å². The summed E-state index contributed by atoms with van der Waals surface area (Å²) in [6, 6.07) is 10.1. The van der Waals surface area contributed by atoms with Crippen molar-refractivity contribution >= 4 is 5.69 Å². The molecule has 1 N–H and O–H groups in total. The van der Waals surface area contributed by atoms with Crippen molar-refractivity contribution in [1.29, 1.82) is 5.26 Å². The Balaban J connectivity index is 2.21. The van der Waals surface area contributed by atoms with Gasteiger partial charge in [0.2, 0.25) is 0 Å². The number of aryl methyl sites for hydroxylation is 1. The number of nitrogens with one attached hydrogen (secondary N) is 1. The minimum absolute atomic E-state index is 0.298. The van der Waals surface area contributed by atoms with Gasteiger partial charge in [-0.2, -0.15) is 10.4 Å². The van der Waals surface area contributed by atoms with Crippen LogP contribution in [0.4, 0.5) is 5.69 Å². The lowest BCUT2D eigenvalue weighted by molar-refractivity contribution is 0.532. The first-order chi connectivity index (χ1) is 9.11. The summed E-state index contributed by atoms with van der Waals surface area (Å²) in [5, 5.41) is 16.9. The van der Waals surface area contributed by atoms with E-state index in [1.165, 1.54) is 0 Å². The fourth-order valence-electron chi connectivity index (χ4n) is 1.86. The van der Waals surface area contributed by atoms with E-state index >= 15 is 0 Å². The van der Waals surface area contributed by atoms with Crippen molar-refractivity contribution in [3.63, 3.8) is 0 Å². The van der Waals surface area contributed by atoms with Crippen molar-refractivity contribution in [3.8, 4) is 6.07 Å². The lowest BCUT2D eigenvalue weighted by Gasteiger charge is -2.13. The zero-order valence-corrected chi connectivity index (χ0v) is 11.5. The molecule has 0 aliphatic rings. The molecule has 1 aromatic heterocycles. The van der Waals surface area contributed by atoms with Crippen LogP contribution in [0.3, 0.4) is 0 Å². The number of hydrogen-bond donors (Lipinski definition) is 1. The van der Waals surface area contributed by atoms with Gasteiger partial charge < -0.3 is 5.32 Å². The summed E-state index contributed by atoms with van der Waals surface area (Å²) in [5.74, 6) is 0. The highest BCUT2D eigenvalue weighted by atomic mass is 15.3. The van der Waals surface area contributed by atoms with Crippen molar-refractivity contribution in [2.24, 2.45) is 0 Å². The molecular weight excluding hydrogens is 236 g/mol. The number of benzene rings is 1. The second-order valence-corrected chi connectivity index (χ2v) is 4.87. The van der Waals surface area contributed by atoms with Gasteiger partial charge in [0.25, 0.3) is 0 Å².